The van der Waals surface area contributed by atoms with E-state index < -0.39 is 24.0 Å². The zero-order valence-corrected chi connectivity index (χ0v) is 14.5. The summed E-state index contributed by atoms with van der Waals surface area (Å²) in [7, 11) is 0. The Morgan fingerprint density at radius 3 is 2.22 bits per heavy atom. The first kappa shape index (κ1) is 22.1. The Bertz CT molecular complexity index is 840. The van der Waals surface area contributed by atoms with Crippen LogP contribution in [0.15, 0.2) is 42.6 Å². The summed E-state index contributed by atoms with van der Waals surface area (Å²) in [6.45, 7) is 1.32. The second-order valence-electron chi connectivity index (χ2n) is 5.36. The molecule has 0 saturated carbocycles. The third-order valence-corrected chi connectivity index (χ3v) is 3.61. The molecule has 0 aliphatic heterocycles. The van der Waals surface area contributed by atoms with Gasteiger partial charge in [-0.1, -0.05) is 30.9 Å². The normalized spacial score (nSPS) is 11.9. The summed E-state index contributed by atoms with van der Waals surface area (Å²) in [4.78, 5) is 27.5. The van der Waals surface area contributed by atoms with E-state index in [1.807, 2.05) is 0 Å². The van der Waals surface area contributed by atoms with Gasteiger partial charge < -0.3 is 10.4 Å². The molecule has 2 amide bonds. The van der Waals surface area contributed by atoms with Crippen molar-refractivity contribution in [3.05, 3.63) is 64.4 Å². The molecule has 4 N–H and O–H groups in total. The summed E-state index contributed by atoms with van der Waals surface area (Å²) in [6, 6.07) is 8.48. The zero-order chi connectivity index (χ0) is 19.1. The van der Waals surface area contributed by atoms with Gasteiger partial charge >= 0.3 is 0 Å². The van der Waals surface area contributed by atoms with E-state index in [0.29, 0.717) is 16.3 Å². The summed E-state index contributed by atoms with van der Waals surface area (Å²) in [5, 5.41) is 20.9. The number of carbonyl (C=O) groups is 2. The number of carbonyl (C=O) groups excluding carboxylic acids is 2. The second kappa shape index (κ2) is 10.3. The molecular weight excluding hydrogens is 370 g/mol. The van der Waals surface area contributed by atoms with Crippen LogP contribution >= 0.6 is 11.6 Å². The number of amides is 2. The van der Waals surface area contributed by atoms with Gasteiger partial charge in [-0.25, -0.2) is 10.5 Å². The highest BCUT2D eigenvalue weighted by Crippen LogP contribution is 2.07. The van der Waals surface area contributed by atoms with E-state index in [9.17, 15) is 14.7 Å². The predicted molar refractivity (Wildman–Crippen MR) is 101 cm³/mol. The van der Waals surface area contributed by atoms with E-state index in [-0.39, 0.29) is 13.0 Å². The number of pyridine rings is 1. The van der Waals surface area contributed by atoms with Gasteiger partial charge in [0.05, 0.1) is 6.10 Å². The number of rotatable bonds is 4. The van der Waals surface area contributed by atoms with E-state index in [0.717, 1.165) is 0 Å². The van der Waals surface area contributed by atoms with Crippen molar-refractivity contribution < 1.29 is 19.9 Å². The third kappa shape index (κ3) is 6.38. The molecule has 27 heavy (non-hydrogen) atoms. The largest absolute Gasteiger partial charge is 0.391 e. The Morgan fingerprint density at radius 1 is 1.11 bits per heavy atom. The van der Waals surface area contributed by atoms with Crippen LogP contribution in [-0.4, -0.2) is 39.3 Å². The molecule has 0 radical (unpaired) electrons. The molecule has 0 fully saturated rings. The number of hydrogen-bond acceptors (Lipinski definition) is 5. The number of aromatic nitrogens is 1. The molecule has 2 aromatic rings. The second-order valence-corrected chi connectivity index (χ2v) is 5.75. The molecular formula is C19H20ClN3O4. The van der Waals surface area contributed by atoms with E-state index in [2.05, 4.69) is 22.1 Å². The van der Waals surface area contributed by atoms with Gasteiger partial charge in [0, 0.05) is 22.9 Å². The summed E-state index contributed by atoms with van der Waals surface area (Å²) < 4.78 is 0. The quantitative estimate of drug-likeness (QED) is 0.275. The fourth-order valence-corrected chi connectivity index (χ4v) is 2.11. The van der Waals surface area contributed by atoms with Crippen molar-refractivity contribution in [1.82, 2.24) is 15.8 Å². The van der Waals surface area contributed by atoms with Gasteiger partial charge in [-0.3, -0.25) is 14.8 Å². The number of hydroxylamine groups is 1. The van der Waals surface area contributed by atoms with Crippen LogP contribution in [0.2, 0.25) is 5.15 Å². The molecule has 0 saturated heterocycles. The highest BCUT2D eigenvalue weighted by Gasteiger charge is 2.25. The van der Waals surface area contributed by atoms with Gasteiger partial charge in [0.2, 0.25) is 0 Å². The Balaban J connectivity index is 0.00000364. The molecule has 1 heterocycles. The summed E-state index contributed by atoms with van der Waals surface area (Å²) in [5.74, 6) is 4.37. The first-order chi connectivity index (χ1) is 12.4. The SMILES string of the molecule is C.C[C@@H](O)[C@H](NC(=O)c1ccc(C#Cc2ccc(Cl)nc2)cc1)C(=O)NO. The monoisotopic (exact) mass is 389 g/mol. The van der Waals surface area contributed by atoms with Gasteiger partial charge in [-0.05, 0) is 43.3 Å². The molecule has 2 atom stereocenters. The molecule has 0 spiro atoms. The molecule has 0 bridgehead atoms. The average Bonchev–Trinajstić information content (AvgIpc) is 2.65. The van der Waals surface area contributed by atoms with E-state index in [1.54, 1.807) is 30.5 Å². The standard InChI is InChI=1S/C18H16ClN3O4.CH4/c1-11(23)16(18(25)22-26)21-17(24)14-7-4-12(5-8-14)2-3-13-6-9-15(19)20-10-13;/h4-11,16,23,26H,1H3,(H,21,24)(H,22,25);1H4/t11-,16+;/m1./s1. The van der Waals surface area contributed by atoms with Gasteiger partial charge in [0.25, 0.3) is 11.8 Å². The molecule has 8 heteroatoms. The van der Waals surface area contributed by atoms with Crippen molar-refractivity contribution >= 4 is 23.4 Å². The van der Waals surface area contributed by atoms with Crippen LogP contribution in [0.1, 0.15) is 35.8 Å². The molecule has 1 aromatic heterocycles. The number of nitrogens with zero attached hydrogens (tertiary/aromatic N) is 1. The molecule has 1 aromatic carbocycles. The highest BCUT2D eigenvalue weighted by molar-refractivity contribution is 6.29. The Labute approximate surface area is 162 Å². The van der Waals surface area contributed by atoms with Crippen LogP contribution in [0.25, 0.3) is 0 Å². The van der Waals surface area contributed by atoms with Gasteiger partial charge in [0.15, 0.2) is 0 Å². The maximum atomic E-state index is 12.2. The predicted octanol–water partition coefficient (Wildman–Crippen LogP) is 1.76. The fraction of sp³-hybridized carbons (Fsp3) is 0.211. The van der Waals surface area contributed by atoms with Gasteiger partial charge in [-0.15, -0.1) is 0 Å². The van der Waals surface area contributed by atoms with E-state index >= 15 is 0 Å². The lowest BCUT2D eigenvalue weighted by Gasteiger charge is -2.19. The number of aliphatic hydroxyl groups is 1. The fourth-order valence-electron chi connectivity index (χ4n) is 2.00. The molecule has 2 rings (SSSR count). The van der Waals surface area contributed by atoms with Gasteiger partial charge in [0.1, 0.15) is 11.2 Å². The summed E-state index contributed by atoms with van der Waals surface area (Å²) in [5.41, 5.74) is 3.06. The Hall–Kier alpha value is -2.92. The highest BCUT2D eigenvalue weighted by atomic mass is 35.5. The zero-order valence-electron chi connectivity index (χ0n) is 13.7. The minimum Gasteiger partial charge on any atom is -0.391 e. The van der Waals surface area contributed by atoms with Crippen molar-refractivity contribution in [2.45, 2.75) is 26.5 Å². The van der Waals surface area contributed by atoms with Gasteiger partial charge in [-0.2, -0.15) is 0 Å². The first-order valence-corrected chi connectivity index (χ1v) is 7.95. The van der Waals surface area contributed by atoms with Crippen LogP contribution in [0.5, 0.6) is 0 Å². The Morgan fingerprint density at radius 2 is 1.70 bits per heavy atom. The minimum absolute atomic E-state index is 0. The summed E-state index contributed by atoms with van der Waals surface area (Å²) in [6.07, 6.45) is 0.378. The Kier molecular flexibility index (Phi) is 8.42. The number of halogens is 1. The van der Waals surface area contributed by atoms with Crippen LogP contribution in [0.3, 0.4) is 0 Å². The molecule has 0 unspecified atom stereocenters. The first-order valence-electron chi connectivity index (χ1n) is 7.57. The van der Waals surface area contributed by atoms with Crippen molar-refractivity contribution in [2.24, 2.45) is 0 Å². The number of benzene rings is 1. The number of aliphatic hydroxyl groups excluding tert-OH is 1. The number of hydrogen-bond donors (Lipinski definition) is 4. The lowest BCUT2D eigenvalue weighted by atomic mass is 10.1. The van der Waals surface area contributed by atoms with Crippen LogP contribution < -0.4 is 10.8 Å². The van der Waals surface area contributed by atoms with E-state index in [1.165, 1.54) is 24.5 Å². The molecule has 0 aliphatic rings. The van der Waals surface area contributed by atoms with Crippen molar-refractivity contribution in [1.29, 1.82) is 0 Å². The minimum atomic E-state index is -1.27. The molecule has 7 nitrogen and oxygen atoms in total. The number of nitrogens with one attached hydrogen (secondary N) is 2. The average molecular weight is 390 g/mol. The van der Waals surface area contributed by atoms with Crippen LogP contribution in [0, 0.1) is 11.8 Å². The topological polar surface area (TPSA) is 112 Å². The van der Waals surface area contributed by atoms with Crippen molar-refractivity contribution in [3.8, 4) is 11.8 Å². The molecule has 0 aliphatic carbocycles. The van der Waals surface area contributed by atoms with Crippen molar-refractivity contribution in [3.63, 3.8) is 0 Å². The van der Waals surface area contributed by atoms with Crippen LogP contribution in [0.4, 0.5) is 0 Å². The van der Waals surface area contributed by atoms with Crippen molar-refractivity contribution in [2.75, 3.05) is 0 Å². The third-order valence-electron chi connectivity index (χ3n) is 3.39. The lowest BCUT2D eigenvalue weighted by molar-refractivity contribution is -0.133. The smallest absolute Gasteiger partial charge is 0.268 e. The van der Waals surface area contributed by atoms with E-state index in [4.69, 9.17) is 16.8 Å². The lowest BCUT2D eigenvalue weighted by Crippen LogP contribution is -2.51. The maximum Gasteiger partial charge on any atom is 0.268 e. The summed E-state index contributed by atoms with van der Waals surface area (Å²) >= 11 is 5.71. The maximum absolute atomic E-state index is 12.2. The molecule has 142 valence electrons. The van der Waals surface area contributed by atoms with Crippen LogP contribution in [-0.2, 0) is 4.79 Å².